The first-order valence-electron chi connectivity index (χ1n) is 4.80. The molecule has 0 spiro atoms. The molecule has 0 radical (unpaired) electrons. The number of aliphatic carboxylic acids is 1. The third kappa shape index (κ3) is 4.98. The van der Waals surface area contributed by atoms with Gasteiger partial charge in [-0.1, -0.05) is 0 Å². The van der Waals surface area contributed by atoms with Crippen LogP contribution < -0.4 is 5.73 Å². The minimum atomic E-state index is -0.898. The third-order valence-electron chi connectivity index (χ3n) is 2.00. The van der Waals surface area contributed by atoms with Crippen molar-refractivity contribution in [3.8, 4) is 0 Å². The van der Waals surface area contributed by atoms with Gasteiger partial charge in [-0.3, -0.25) is 0 Å². The third-order valence-corrected chi connectivity index (χ3v) is 4.23. The summed E-state index contributed by atoms with van der Waals surface area (Å²) in [7, 11) is 0. The summed E-state index contributed by atoms with van der Waals surface area (Å²) in [6, 6.07) is 9.54. The summed E-state index contributed by atoms with van der Waals surface area (Å²) in [6.45, 7) is 0. The van der Waals surface area contributed by atoms with Gasteiger partial charge in [0.05, 0.1) is 0 Å². The Bertz CT molecular complexity index is 303. The maximum absolute atomic E-state index is 10.4. The Hall–Kier alpha value is -0.831. The normalized spacial score (nSPS) is 12.3. The number of benzene rings is 1. The Balaban J connectivity index is 2.15. The van der Waals surface area contributed by atoms with Crippen molar-refractivity contribution < 1.29 is 9.90 Å². The molecule has 0 amide bonds. The zero-order valence-corrected chi connectivity index (χ0v) is 10.1. The van der Waals surface area contributed by atoms with Gasteiger partial charge >= 0.3 is 95.6 Å². The Labute approximate surface area is 95.8 Å². The molecule has 15 heavy (non-hydrogen) atoms. The van der Waals surface area contributed by atoms with Gasteiger partial charge in [-0.15, -0.1) is 0 Å². The Morgan fingerprint density at radius 1 is 1.40 bits per heavy atom. The van der Waals surface area contributed by atoms with Crippen molar-refractivity contribution in [3.05, 3.63) is 35.9 Å². The molecule has 1 unspecified atom stereocenters. The molecule has 0 aromatic heterocycles. The second-order valence-corrected chi connectivity index (χ2v) is 5.59. The van der Waals surface area contributed by atoms with E-state index in [9.17, 15) is 4.79 Å². The van der Waals surface area contributed by atoms with Crippen LogP contribution in [0.15, 0.2) is 30.3 Å². The van der Waals surface area contributed by atoms with E-state index in [2.05, 4.69) is 12.1 Å². The average Bonchev–Trinajstić information content (AvgIpc) is 2.25. The fourth-order valence-corrected chi connectivity index (χ4v) is 3.18. The molecule has 82 valence electrons. The molecule has 0 fully saturated rings. The van der Waals surface area contributed by atoms with Crippen LogP contribution in [0.2, 0.25) is 5.32 Å². The SMILES string of the molecule is NC(CC[Se]Cc1ccccc1)C(=O)O. The van der Waals surface area contributed by atoms with Crippen molar-refractivity contribution in [1.82, 2.24) is 0 Å². The molecule has 1 aromatic carbocycles. The summed E-state index contributed by atoms with van der Waals surface area (Å²) in [5.74, 6) is -0.898. The van der Waals surface area contributed by atoms with Gasteiger partial charge in [0.2, 0.25) is 0 Å². The van der Waals surface area contributed by atoms with E-state index in [4.69, 9.17) is 10.8 Å². The topological polar surface area (TPSA) is 63.3 Å². The molecular weight excluding hydrogens is 257 g/mol. The van der Waals surface area contributed by atoms with E-state index in [1.54, 1.807) is 0 Å². The van der Waals surface area contributed by atoms with Crippen molar-refractivity contribution in [2.24, 2.45) is 5.73 Å². The molecule has 1 aromatic rings. The fraction of sp³-hybridized carbons (Fsp3) is 0.364. The number of carbonyl (C=O) groups is 1. The van der Waals surface area contributed by atoms with Crippen LogP contribution in [0.5, 0.6) is 0 Å². The quantitative estimate of drug-likeness (QED) is 0.602. The Morgan fingerprint density at radius 2 is 2.07 bits per heavy atom. The van der Waals surface area contributed by atoms with Crippen molar-refractivity contribution in [2.75, 3.05) is 0 Å². The Morgan fingerprint density at radius 3 is 2.67 bits per heavy atom. The molecule has 0 saturated heterocycles. The van der Waals surface area contributed by atoms with Crippen molar-refractivity contribution in [1.29, 1.82) is 0 Å². The standard InChI is InChI=1S/C11H15NO2Se/c12-10(11(13)14)6-7-15-8-9-4-2-1-3-5-9/h1-5,10H,6-8,12H2,(H,13,14). The molecular formula is C11H15NO2Se. The van der Waals surface area contributed by atoms with Crippen LogP contribution >= 0.6 is 0 Å². The van der Waals surface area contributed by atoms with Gasteiger partial charge in [0.25, 0.3) is 0 Å². The Kier molecular flexibility index (Phi) is 5.40. The van der Waals surface area contributed by atoms with Crippen molar-refractivity contribution >= 4 is 20.9 Å². The van der Waals surface area contributed by atoms with Crippen molar-refractivity contribution in [2.45, 2.75) is 23.1 Å². The summed E-state index contributed by atoms with van der Waals surface area (Å²) in [5, 5.41) is 10.6. The van der Waals surface area contributed by atoms with E-state index in [0.717, 1.165) is 10.6 Å². The van der Waals surface area contributed by atoms with Gasteiger partial charge < -0.3 is 0 Å². The van der Waals surface area contributed by atoms with E-state index in [1.165, 1.54) is 5.56 Å². The zero-order chi connectivity index (χ0) is 11.1. The maximum atomic E-state index is 10.4. The second-order valence-electron chi connectivity index (χ2n) is 3.27. The van der Waals surface area contributed by atoms with Crippen LogP contribution in [0, 0.1) is 0 Å². The minimum absolute atomic E-state index is 0.453. The van der Waals surface area contributed by atoms with Crippen LogP contribution in [0.25, 0.3) is 0 Å². The molecule has 0 bridgehead atoms. The summed E-state index contributed by atoms with van der Waals surface area (Å²) < 4.78 is 0. The molecule has 3 nitrogen and oxygen atoms in total. The average molecular weight is 272 g/mol. The van der Waals surface area contributed by atoms with E-state index in [-0.39, 0.29) is 0 Å². The summed E-state index contributed by atoms with van der Waals surface area (Å²) in [5.41, 5.74) is 6.73. The fourth-order valence-electron chi connectivity index (χ4n) is 1.10. The van der Waals surface area contributed by atoms with Gasteiger partial charge in [-0.2, -0.15) is 0 Å². The number of nitrogens with two attached hydrogens (primary N) is 1. The molecule has 0 saturated carbocycles. The van der Waals surface area contributed by atoms with Crippen LogP contribution in [0.3, 0.4) is 0 Å². The number of carboxylic acids is 1. The zero-order valence-electron chi connectivity index (χ0n) is 8.43. The van der Waals surface area contributed by atoms with Crippen LogP contribution in [0.1, 0.15) is 12.0 Å². The molecule has 4 heteroatoms. The van der Waals surface area contributed by atoms with Crippen LogP contribution in [-0.2, 0) is 10.1 Å². The molecule has 0 aliphatic carbocycles. The van der Waals surface area contributed by atoms with Crippen LogP contribution in [-0.4, -0.2) is 32.1 Å². The van der Waals surface area contributed by atoms with E-state index in [1.807, 2.05) is 18.2 Å². The van der Waals surface area contributed by atoms with E-state index >= 15 is 0 Å². The molecule has 1 atom stereocenters. The van der Waals surface area contributed by atoms with Crippen molar-refractivity contribution in [3.63, 3.8) is 0 Å². The van der Waals surface area contributed by atoms with Gasteiger partial charge in [0, 0.05) is 0 Å². The predicted molar refractivity (Wildman–Crippen MR) is 60.9 cm³/mol. The monoisotopic (exact) mass is 273 g/mol. The second kappa shape index (κ2) is 6.62. The molecule has 1 rings (SSSR count). The van der Waals surface area contributed by atoms with E-state index in [0.29, 0.717) is 21.4 Å². The number of carboxylic acid groups (broad SMARTS) is 1. The molecule has 0 aliphatic rings. The molecule has 3 N–H and O–H groups in total. The first-order valence-corrected chi connectivity index (χ1v) is 7.22. The number of rotatable bonds is 6. The van der Waals surface area contributed by atoms with E-state index < -0.39 is 12.0 Å². The summed E-state index contributed by atoms with van der Waals surface area (Å²) >= 11 is 0.453. The summed E-state index contributed by atoms with van der Waals surface area (Å²) in [4.78, 5) is 10.4. The molecule has 0 aliphatic heterocycles. The number of hydrogen-bond donors (Lipinski definition) is 2. The van der Waals surface area contributed by atoms with Gasteiger partial charge in [-0.25, -0.2) is 0 Å². The predicted octanol–water partition coefficient (Wildman–Crippen LogP) is 1.11. The van der Waals surface area contributed by atoms with Gasteiger partial charge in [0.1, 0.15) is 0 Å². The van der Waals surface area contributed by atoms with Gasteiger partial charge in [-0.05, 0) is 0 Å². The van der Waals surface area contributed by atoms with Gasteiger partial charge in [0.15, 0.2) is 0 Å². The number of hydrogen-bond acceptors (Lipinski definition) is 2. The summed E-state index contributed by atoms with van der Waals surface area (Å²) in [6.07, 6.45) is 0.585. The first kappa shape index (κ1) is 12.2. The first-order chi connectivity index (χ1) is 7.20. The van der Waals surface area contributed by atoms with Crippen LogP contribution in [0.4, 0.5) is 0 Å². The molecule has 0 heterocycles.